The highest BCUT2D eigenvalue weighted by molar-refractivity contribution is 6.32. The second kappa shape index (κ2) is 12.3. The first-order chi connectivity index (χ1) is 21.4. The van der Waals surface area contributed by atoms with Gasteiger partial charge in [-0.3, -0.25) is 19.4 Å². The molecule has 0 spiro atoms. The van der Waals surface area contributed by atoms with Gasteiger partial charge in [-0.1, -0.05) is 60.6 Å². The highest BCUT2D eigenvalue weighted by Crippen LogP contribution is 2.34. The number of amides is 2. The van der Waals surface area contributed by atoms with Crippen LogP contribution in [0.2, 0.25) is 5.02 Å². The van der Waals surface area contributed by atoms with E-state index in [0.717, 1.165) is 56.2 Å². The van der Waals surface area contributed by atoms with E-state index in [4.69, 9.17) is 21.1 Å². The average Bonchev–Trinajstić information content (AvgIpc) is 3.32. The Labute approximate surface area is 263 Å². The van der Waals surface area contributed by atoms with Gasteiger partial charge in [-0.2, -0.15) is 0 Å². The lowest BCUT2D eigenvalue weighted by Gasteiger charge is -2.49. The molecule has 3 aromatic rings. The van der Waals surface area contributed by atoms with E-state index in [1.54, 1.807) is 4.90 Å². The summed E-state index contributed by atoms with van der Waals surface area (Å²) < 4.78 is 13.0. The Morgan fingerprint density at radius 3 is 2.52 bits per heavy atom. The van der Waals surface area contributed by atoms with Gasteiger partial charge in [0.15, 0.2) is 0 Å². The van der Waals surface area contributed by atoms with E-state index in [2.05, 4.69) is 46.0 Å². The van der Waals surface area contributed by atoms with Crippen molar-refractivity contribution in [3.8, 4) is 11.5 Å². The summed E-state index contributed by atoms with van der Waals surface area (Å²) in [6.45, 7) is 8.54. The number of fused-ring (bicyclic) bond motifs is 1. The van der Waals surface area contributed by atoms with Crippen LogP contribution in [-0.2, 0) is 17.9 Å². The molecule has 9 heteroatoms. The summed E-state index contributed by atoms with van der Waals surface area (Å²) in [6, 6.07) is 23.6. The lowest BCUT2D eigenvalue weighted by atomic mass is 9.95. The highest BCUT2D eigenvalue weighted by Gasteiger charge is 2.42. The molecule has 3 fully saturated rings. The van der Waals surface area contributed by atoms with E-state index in [9.17, 15) is 9.59 Å². The van der Waals surface area contributed by atoms with Crippen LogP contribution in [0.15, 0.2) is 85.1 Å². The fraction of sp³-hybridized carbons (Fsp3) is 0.371. The summed E-state index contributed by atoms with van der Waals surface area (Å²) in [4.78, 5) is 32.5. The Morgan fingerprint density at radius 1 is 0.932 bits per heavy atom. The van der Waals surface area contributed by atoms with Gasteiger partial charge in [0, 0.05) is 56.6 Å². The number of benzene rings is 3. The summed E-state index contributed by atoms with van der Waals surface area (Å²) in [6.07, 6.45) is 2.27. The quantitative estimate of drug-likeness (QED) is 0.391. The van der Waals surface area contributed by atoms with Crippen LogP contribution < -0.4 is 14.8 Å². The van der Waals surface area contributed by atoms with Crippen LogP contribution in [0.25, 0.3) is 0 Å². The van der Waals surface area contributed by atoms with Crippen molar-refractivity contribution in [2.45, 2.75) is 56.6 Å². The number of allylic oxidation sites excluding steroid dienone is 1. The van der Waals surface area contributed by atoms with Gasteiger partial charge in [-0.15, -0.1) is 0 Å². The van der Waals surface area contributed by atoms with Crippen LogP contribution in [0.4, 0.5) is 0 Å². The predicted molar refractivity (Wildman–Crippen MR) is 169 cm³/mol. The van der Waals surface area contributed by atoms with Crippen molar-refractivity contribution >= 4 is 23.4 Å². The monoisotopic (exact) mass is 612 g/mol. The van der Waals surface area contributed by atoms with Gasteiger partial charge < -0.3 is 19.7 Å². The zero-order valence-corrected chi connectivity index (χ0v) is 25.4. The minimum absolute atomic E-state index is 0.0601. The number of likely N-dealkylation sites (tertiary alicyclic amines) is 2. The van der Waals surface area contributed by atoms with Gasteiger partial charge in [0.1, 0.15) is 29.7 Å². The number of carbonyl (C=O) groups is 2. The minimum Gasteiger partial charge on any atom is -0.487 e. The Hall–Kier alpha value is -3.85. The Morgan fingerprint density at radius 2 is 1.73 bits per heavy atom. The maximum absolute atomic E-state index is 13.3. The molecule has 228 valence electrons. The Kier molecular flexibility index (Phi) is 8.06. The first kappa shape index (κ1) is 28.9. The second-order valence-corrected chi connectivity index (χ2v) is 12.7. The molecule has 0 saturated carbocycles. The summed E-state index contributed by atoms with van der Waals surface area (Å²) >= 11 is 6.33. The molecule has 7 rings (SSSR count). The van der Waals surface area contributed by atoms with Gasteiger partial charge in [0.2, 0.25) is 5.91 Å². The summed E-state index contributed by atoms with van der Waals surface area (Å²) in [5.41, 5.74) is 3.53. The van der Waals surface area contributed by atoms with Gasteiger partial charge in [0.05, 0.1) is 5.02 Å². The SMILES string of the molecule is C=C1CCC(N2Cc3cc(OC4CN(Cc5ccccc5)CCC4N4CC(Oc5ccccc5Cl)C4)ccc3C2=O)C(=O)N1. The molecule has 0 bridgehead atoms. The van der Waals surface area contributed by atoms with Crippen molar-refractivity contribution in [2.24, 2.45) is 0 Å². The van der Waals surface area contributed by atoms with Crippen molar-refractivity contribution in [3.05, 3.63) is 107 Å². The fourth-order valence-corrected chi connectivity index (χ4v) is 7.08. The number of piperidine rings is 2. The van der Waals surface area contributed by atoms with Crippen LogP contribution in [0.1, 0.15) is 40.7 Å². The molecule has 3 aromatic carbocycles. The number of hydrogen-bond donors (Lipinski definition) is 1. The van der Waals surface area contributed by atoms with E-state index in [1.165, 1.54) is 5.56 Å². The number of ether oxygens (including phenoxy) is 2. The third-order valence-corrected chi connectivity index (χ3v) is 9.54. The normalized spacial score (nSPS) is 24.5. The van der Waals surface area contributed by atoms with Crippen LogP contribution in [0.5, 0.6) is 11.5 Å². The number of nitrogens with zero attached hydrogens (tertiary/aromatic N) is 3. The molecular formula is C35H37ClN4O4. The van der Waals surface area contributed by atoms with Crippen LogP contribution >= 0.6 is 11.6 Å². The summed E-state index contributed by atoms with van der Waals surface area (Å²) in [5, 5.41) is 3.44. The van der Waals surface area contributed by atoms with Crippen molar-refractivity contribution in [1.29, 1.82) is 0 Å². The first-order valence-corrected chi connectivity index (χ1v) is 15.8. The molecule has 2 amide bonds. The van der Waals surface area contributed by atoms with Gasteiger partial charge >= 0.3 is 0 Å². The van der Waals surface area contributed by atoms with Crippen LogP contribution in [0, 0.1) is 0 Å². The highest BCUT2D eigenvalue weighted by atomic mass is 35.5. The fourth-order valence-electron chi connectivity index (χ4n) is 6.90. The largest absolute Gasteiger partial charge is 0.487 e. The van der Waals surface area contributed by atoms with E-state index in [-0.39, 0.29) is 30.1 Å². The number of nitrogens with one attached hydrogen (secondary N) is 1. The molecule has 0 aromatic heterocycles. The van der Waals surface area contributed by atoms with Crippen molar-refractivity contribution in [1.82, 2.24) is 20.0 Å². The van der Waals surface area contributed by atoms with E-state index in [1.807, 2.05) is 48.5 Å². The zero-order valence-electron chi connectivity index (χ0n) is 24.7. The van der Waals surface area contributed by atoms with Crippen molar-refractivity contribution in [2.75, 3.05) is 26.2 Å². The zero-order chi connectivity index (χ0) is 30.2. The van der Waals surface area contributed by atoms with E-state index in [0.29, 0.717) is 35.7 Å². The number of hydrogen-bond acceptors (Lipinski definition) is 6. The third-order valence-electron chi connectivity index (χ3n) is 9.23. The molecule has 3 saturated heterocycles. The number of halogens is 1. The standard InChI is InChI=1S/C35H37ClN4O4/c1-23-11-14-31(34(41)37-23)40-19-25-17-26(12-13-28(25)35(40)42)43-33-22-38(18-24-7-3-2-4-8-24)16-15-30(33)39-20-27(21-39)44-32-10-6-5-9-29(32)36/h2-10,12-13,17,27,30-31,33H,1,11,14-16,18-22H2,(H,37,41). The van der Waals surface area contributed by atoms with Gasteiger partial charge in [-0.05, 0) is 60.7 Å². The van der Waals surface area contributed by atoms with Gasteiger partial charge in [0.25, 0.3) is 5.91 Å². The smallest absolute Gasteiger partial charge is 0.255 e. The molecule has 4 heterocycles. The van der Waals surface area contributed by atoms with Crippen LogP contribution in [0.3, 0.4) is 0 Å². The minimum atomic E-state index is -0.480. The van der Waals surface area contributed by atoms with Crippen molar-refractivity contribution < 1.29 is 19.1 Å². The van der Waals surface area contributed by atoms with Crippen molar-refractivity contribution in [3.63, 3.8) is 0 Å². The number of para-hydroxylation sites is 1. The molecule has 4 aliphatic rings. The van der Waals surface area contributed by atoms with E-state index < -0.39 is 6.04 Å². The molecule has 3 atom stereocenters. The molecule has 1 N–H and O–H groups in total. The number of carbonyl (C=O) groups excluding carboxylic acids is 2. The Balaban J connectivity index is 1.05. The van der Waals surface area contributed by atoms with E-state index >= 15 is 0 Å². The molecule has 44 heavy (non-hydrogen) atoms. The molecule has 0 radical (unpaired) electrons. The molecule has 0 aliphatic carbocycles. The molecular weight excluding hydrogens is 576 g/mol. The average molecular weight is 613 g/mol. The lowest BCUT2D eigenvalue weighted by molar-refractivity contribution is -0.126. The number of rotatable bonds is 8. The van der Waals surface area contributed by atoms with Gasteiger partial charge in [-0.25, -0.2) is 0 Å². The topological polar surface area (TPSA) is 74.3 Å². The molecule has 8 nitrogen and oxygen atoms in total. The summed E-state index contributed by atoms with van der Waals surface area (Å²) in [5.74, 6) is 1.21. The second-order valence-electron chi connectivity index (χ2n) is 12.3. The maximum Gasteiger partial charge on any atom is 0.255 e. The lowest BCUT2D eigenvalue weighted by Crippen LogP contribution is -2.65. The molecule has 4 aliphatic heterocycles. The summed E-state index contributed by atoms with van der Waals surface area (Å²) in [7, 11) is 0. The predicted octanol–water partition coefficient (Wildman–Crippen LogP) is 4.87. The van der Waals surface area contributed by atoms with Crippen LogP contribution in [-0.4, -0.2) is 77.0 Å². The first-order valence-electron chi connectivity index (χ1n) is 15.4. The molecule has 3 unspecified atom stereocenters. The maximum atomic E-state index is 13.3. The Bertz CT molecular complexity index is 1560. The third kappa shape index (κ3) is 5.94.